The quantitative estimate of drug-likeness (QED) is 0.815. The van der Waals surface area contributed by atoms with Crippen molar-refractivity contribution in [3.63, 3.8) is 0 Å². The fourth-order valence-electron chi connectivity index (χ4n) is 1.90. The van der Waals surface area contributed by atoms with E-state index in [0.29, 0.717) is 19.8 Å². The molecular formula is C12H15NO6S. The van der Waals surface area contributed by atoms with Gasteiger partial charge in [0.05, 0.1) is 18.1 Å². The van der Waals surface area contributed by atoms with E-state index in [9.17, 15) is 13.2 Å². The molecule has 1 aromatic rings. The van der Waals surface area contributed by atoms with Crippen LogP contribution in [0.3, 0.4) is 0 Å². The van der Waals surface area contributed by atoms with Gasteiger partial charge in [0.15, 0.2) is 0 Å². The van der Waals surface area contributed by atoms with Crippen LogP contribution in [0.2, 0.25) is 0 Å². The minimum Gasteiger partial charge on any atom is -0.492 e. The van der Waals surface area contributed by atoms with Crippen LogP contribution >= 0.6 is 0 Å². The van der Waals surface area contributed by atoms with E-state index in [4.69, 9.17) is 19.7 Å². The van der Waals surface area contributed by atoms with Gasteiger partial charge in [-0.1, -0.05) is 0 Å². The topological polar surface area (TPSA) is 116 Å². The van der Waals surface area contributed by atoms with Crippen LogP contribution in [0.1, 0.15) is 16.8 Å². The molecule has 0 spiro atoms. The lowest BCUT2D eigenvalue weighted by atomic mass is 10.1. The largest absolute Gasteiger partial charge is 0.492 e. The van der Waals surface area contributed by atoms with Gasteiger partial charge in [0.2, 0.25) is 10.0 Å². The van der Waals surface area contributed by atoms with Crippen molar-refractivity contribution < 1.29 is 27.8 Å². The number of ether oxygens (including phenoxy) is 2. The summed E-state index contributed by atoms with van der Waals surface area (Å²) in [5.41, 5.74) is -0.226. The van der Waals surface area contributed by atoms with Crippen molar-refractivity contribution >= 4 is 16.0 Å². The summed E-state index contributed by atoms with van der Waals surface area (Å²) in [6, 6.07) is 3.53. The van der Waals surface area contributed by atoms with Crippen molar-refractivity contribution in [2.45, 2.75) is 11.3 Å². The standard InChI is InChI=1S/C12H15NO6S/c13-20(16,17)9-1-2-11(10(5-9)12(14)15)19-7-8-3-4-18-6-8/h1-2,5,8H,3-4,6-7H2,(H,14,15)(H2,13,16,17). The zero-order chi connectivity index (χ0) is 14.8. The van der Waals surface area contributed by atoms with E-state index in [1.54, 1.807) is 0 Å². The van der Waals surface area contributed by atoms with E-state index in [-0.39, 0.29) is 22.1 Å². The third kappa shape index (κ3) is 3.47. The molecule has 1 heterocycles. The summed E-state index contributed by atoms with van der Waals surface area (Å²) in [6.45, 7) is 1.58. The van der Waals surface area contributed by atoms with Crippen molar-refractivity contribution in [2.75, 3.05) is 19.8 Å². The van der Waals surface area contributed by atoms with Crippen LogP contribution in [-0.2, 0) is 14.8 Å². The van der Waals surface area contributed by atoms with Gasteiger partial charge >= 0.3 is 5.97 Å². The van der Waals surface area contributed by atoms with Gasteiger partial charge in [0, 0.05) is 12.5 Å². The van der Waals surface area contributed by atoms with E-state index in [1.807, 2.05) is 0 Å². The summed E-state index contributed by atoms with van der Waals surface area (Å²) in [6.07, 6.45) is 0.859. The van der Waals surface area contributed by atoms with Crippen LogP contribution in [-0.4, -0.2) is 39.3 Å². The smallest absolute Gasteiger partial charge is 0.339 e. The third-order valence-corrected chi connectivity index (χ3v) is 3.92. The Bertz CT molecular complexity index is 606. The van der Waals surface area contributed by atoms with E-state index in [1.165, 1.54) is 12.1 Å². The molecule has 0 saturated carbocycles. The molecule has 1 atom stereocenters. The fraction of sp³-hybridized carbons (Fsp3) is 0.417. The van der Waals surface area contributed by atoms with Gasteiger partial charge in [-0.2, -0.15) is 0 Å². The minimum atomic E-state index is -3.95. The number of hydrogen-bond donors (Lipinski definition) is 2. The number of benzene rings is 1. The molecule has 1 fully saturated rings. The van der Waals surface area contributed by atoms with Crippen molar-refractivity contribution in [3.05, 3.63) is 23.8 Å². The maximum absolute atomic E-state index is 11.2. The van der Waals surface area contributed by atoms with Crippen LogP contribution in [0.5, 0.6) is 5.75 Å². The first-order valence-electron chi connectivity index (χ1n) is 5.98. The first-order valence-corrected chi connectivity index (χ1v) is 7.53. The average molecular weight is 301 g/mol. The number of rotatable bonds is 5. The van der Waals surface area contributed by atoms with Gasteiger partial charge in [0.1, 0.15) is 11.3 Å². The van der Waals surface area contributed by atoms with Crippen LogP contribution in [0.15, 0.2) is 23.1 Å². The predicted octanol–water partition coefficient (Wildman–Crippen LogP) is 0.447. The zero-order valence-electron chi connectivity index (χ0n) is 10.6. The number of aromatic carboxylic acids is 1. The maximum Gasteiger partial charge on any atom is 0.339 e. The van der Waals surface area contributed by atoms with Gasteiger partial charge in [-0.05, 0) is 24.6 Å². The van der Waals surface area contributed by atoms with Gasteiger partial charge in [-0.3, -0.25) is 0 Å². The Labute approximate surface area is 116 Å². The molecule has 0 radical (unpaired) electrons. The van der Waals surface area contributed by atoms with Gasteiger partial charge < -0.3 is 14.6 Å². The Hall–Kier alpha value is -1.64. The number of primary sulfonamides is 1. The van der Waals surface area contributed by atoms with Gasteiger partial charge in [0.25, 0.3) is 0 Å². The molecule has 1 aliphatic rings. The Balaban J connectivity index is 2.21. The Morgan fingerprint density at radius 3 is 2.80 bits per heavy atom. The number of nitrogens with two attached hydrogens (primary N) is 1. The molecule has 1 saturated heterocycles. The van der Waals surface area contributed by atoms with Crippen molar-refractivity contribution in [1.82, 2.24) is 0 Å². The number of carboxylic acid groups (broad SMARTS) is 1. The van der Waals surface area contributed by atoms with Crippen molar-refractivity contribution in [1.29, 1.82) is 0 Å². The van der Waals surface area contributed by atoms with Crippen molar-refractivity contribution in [2.24, 2.45) is 11.1 Å². The second-order valence-corrected chi connectivity index (χ2v) is 6.11. The van der Waals surface area contributed by atoms with Crippen LogP contribution in [0, 0.1) is 5.92 Å². The summed E-state index contributed by atoms with van der Waals surface area (Å²) in [4.78, 5) is 10.9. The molecule has 1 aromatic carbocycles. The second-order valence-electron chi connectivity index (χ2n) is 4.55. The zero-order valence-corrected chi connectivity index (χ0v) is 11.4. The molecule has 0 bridgehead atoms. The van der Waals surface area contributed by atoms with E-state index in [0.717, 1.165) is 12.5 Å². The van der Waals surface area contributed by atoms with Crippen molar-refractivity contribution in [3.8, 4) is 5.75 Å². The first kappa shape index (κ1) is 14.8. The predicted molar refractivity (Wildman–Crippen MR) is 69.2 cm³/mol. The molecule has 20 heavy (non-hydrogen) atoms. The van der Waals surface area contributed by atoms with Gasteiger partial charge in [-0.25, -0.2) is 18.4 Å². The van der Waals surface area contributed by atoms with Gasteiger partial charge in [-0.15, -0.1) is 0 Å². The lowest BCUT2D eigenvalue weighted by Crippen LogP contribution is -2.16. The summed E-state index contributed by atoms with van der Waals surface area (Å²) in [5.74, 6) is -0.931. The molecule has 2 rings (SSSR count). The molecular weight excluding hydrogens is 286 g/mol. The van der Waals surface area contributed by atoms with E-state index in [2.05, 4.69) is 0 Å². The SMILES string of the molecule is NS(=O)(=O)c1ccc(OCC2CCOC2)c(C(=O)O)c1. The monoisotopic (exact) mass is 301 g/mol. The number of sulfonamides is 1. The van der Waals surface area contributed by atoms with E-state index < -0.39 is 16.0 Å². The van der Waals surface area contributed by atoms with Crippen LogP contribution in [0.4, 0.5) is 0 Å². The summed E-state index contributed by atoms with van der Waals surface area (Å²) < 4.78 is 33.1. The highest BCUT2D eigenvalue weighted by atomic mass is 32.2. The highest BCUT2D eigenvalue weighted by Gasteiger charge is 2.20. The molecule has 110 valence electrons. The minimum absolute atomic E-state index is 0.122. The van der Waals surface area contributed by atoms with Crippen LogP contribution < -0.4 is 9.88 Å². The fourth-order valence-corrected chi connectivity index (χ4v) is 2.44. The van der Waals surface area contributed by atoms with Crippen LogP contribution in [0.25, 0.3) is 0 Å². The molecule has 0 aliphatic carbocycles. The molecule has 1 aliphatic heterocycles. The molecule has 3 N–H and O–H groups in total. The number of carbonyl (C=O) groups is 1. The lowest BCUT2D eigenvalue weighted by molar-refractivity contribution is 0.0690. The molecule has 0 aromatic heterocycles. The number of carboxylic acids is 1. The molecule has 1 unspecified atom stereocenters. The Kier molecular flexibility index (Phi) is 4.26. The Morgan fingerprint density at radius 2 is 2.25 bits per heavy atom. The summed E-state index contributed by atoms with van der Waals surface area (Å²) in [5, 5.41) is 14.1. The average Bonchev–Trinajstić information content (AvgIpc) is 2.88. The highest BCUT2D eigenvalue weighted by molar-refractivity contribution is 7.89. The Morgan fingerprint density at radius 1 is 1.50 bits per heavy atom. The first-order chi connectivity index (χ1) is 9.38. The van der Waals surface area contributed by atoms with E-state index >= 15 is 0 Å². The number of hydrogen-bond acceptors (Lipinski definition) is 5. The highest BCUT2D eigenvalue weighted by Crippen LogP contribution is 2.24. The summed E-state index contributed by atoms with van der Waals surface area (Å²) in [7, 11) is -3.95. The maximum atomic E-state index is 11.2. The second kappa shape index (κ2) is 5.78. The molecule has 8 heteroatoms. The normalized spacial score (nSPS) is 18.9. The molecule has 7 nitrogen and oxygen atoms in total. The third-order valence-electron chi connectivity index (χ3n) is 3.01. The molecule has 0 amide bonds. The summed E-state index contributed by atoms with van der Waals surface area (Å²) >= 11 is 0. The lowest BCUT2D eigenvalue weighted by Gasteiger charge is -2.13.